The first-order valence-electron chi connectivity index (χ1n) is 6.94. The third kappa shape index (κ3) is 3.16. The van der Waals surface area contributed by atoms with Crippen molar-refractivity contribution >= 4 is 16.6 Å². The SMILES string of the molecule is CCOc1ccc2nc(C)cc(NC(C)CC)c2c1. The van der Waals surface area contributed by atoms with Gasteiger partial charge < -0.3 is 10.1 Å². The van der Waals surface area contributed by atoms with Crippen molar-refractivity contribution in [1.29, 1.82) is 0 Å². The maximum atomic E-state index is 5.57. The van der Waals surface area contributed by atoms with Gasteiger partial charge >= 0.3 is 0 Å². The molecule has 1 heterocycles. The van der Waals surface area contributed by atoms with Crippen LogP contribution in [0.15, 0.2) is 24.3 Å². The molecular weight excluding hydrogens is 236 g/mol. The van der Waals surface area contributed by atoms with Gasteiger partial charge in [0.05, 0.1) is 12.1 Å². The molecule has 0 aliphatic rings. The van der Waals surface area contributed by atoms with Crippen molar-refractivity contribution in [2.24, 2.45) is 0 Å². The van der Waals surface area contributed by atoms with E-state index in [2.05, 4.69) is 36.3 Å². The maximum Gasteiger partial charge on any atom is 0.120 e. The fourth-order valence-corrected chi connectivity index (χ4v) is 2.08. The Hall–Kier alpha value is -1.77. The molecule has 0 bridgehead atoms. The highest BCUT2D eigenvalue weighted by atomic mass is 16.5. The topological polar surface area (TPSA) is 34.1 Å². The minimum Gasteiger partial charge on any atom is -0.494 e. The van der Waals surface area contributed by atoms with Crippen LogP contribution in [0.2, 0.25) is 0 Å². The normalized spacial score (nSPS) is 12.4. The van der Waals surface area contributed by atoms with Crippen molar-refractivity contribution in [2.45, 2.75) is 40.2 Å². The van der Waals surface area contributed by atoms with Crippen molar-refractivity contribution in [2.75, 3.05) is 11.9 Å². The van der Waals surface area contributed by atoms with Crippen molar-refractivity contribution in [3.8, 4) is 5.75 Å². The fraction of sp³-hybridized carbons (Fsp3) is 0.438. The third-order valence-electron chi connectivity index (χ3n) is 3.23. The lowest BCUT2D eigenvalue weighted by Crippen LogP contribution is -2.14. The molecule has 2 aromatic rings. The highest BCUT2D eigenvalue weighted by molar-refractivity contribution is 5.92. The molecule has 0 radical (unpaired) electrons. The number of hydrogen-bond acceptors (Lipinski definition) is 3. The van der Waals surface area contributed by atoms with Crippen molar-refractivity contribution in [3.05, 3.63) is 30.0 Å². The van der Waals surface area contributed by atoms with Crippen LogP contribution in [0.25, 0.3) is 10.9 Å². The van der Waals surface area contributed by atoms with Crippen LogP contribution in [0, 0.1) is 6.92 Å². The number of aromatic nitrogens is 1. The van der Waals surface area contributed by atoms with E-state index in [-0.39, 0.29) is 0 Å². The summed E-state index contributed by atoms with van der Waals surface area (Å²) < 4.78 is 5.57. The molecule has 19 heavy (non-hydrogen) atoms. The molecule has 1 aromatic carbocycles. The number of benzene rings is 1. The van der Waals surface area contributed by atoms with Gasteiger partial charge in [0.1, 0.15) is 5.75 Å². The third-order valence-corrected chi connectivity index (χ3v) is 3.23. The van der Waals surface area contributed by atoms with Crippen LogP contribution in [-0.2, 0) is 0 Å². The highest BCUT2D eigenvalue weighted by Gasteiger charge is 2.07. The lowest BCUT2D eigenvalue weighted by atomic mass is 10.1. The van der Waals surface area contributed by atoms with Crippen LogP contribution in [0.4, 0.5) is 5.69 Å². The summed E-state index contributed by atoms with van der Waals surface area (Å²) in [6.45, 7) is 9.07. The Kier molecular flexibility index (Phi) is 4.25. The molecule has 102 valence electrons. The van der Waals surface area contributed by atoms with Crippen LogP contribution < -0.4 is 10.1 Å². The van der Waals surface area contributed by atoms with E-state index in [0.717, 1.165) is 34.5 Å². The highest BCUT2D eigenvalue weighted by Crippen LogP contribution is 2.28. The first-order chi connectivity index (χ1) is 9.13. The minimum atomic E-state index is 0.445. The summed E-state index contributed by atoms with van der Waals surface area (Å²) in [6, 6.07) is 8.61. The monoisotopic (exact) mass is 258 g/mol. The van der Waals surface area contributed by atoms with Crippen LogP contribution in [0.3, 0.4) is 0 Å². The molecule has 1 atom stereocenters. The second kappa shape index (κ2) is 5.91. The second-order valence-corrected chi connectivity index (χ2v) is 4.88. The summed E-state index contributed by atoms with van der Waals surface area (Å²) in [5.41, 5.74) is 3.18. The quantitative estimate of drug-likeness (QED) is 0.874. The number of anilines is 1. The number of pyridine rings is 1. The molecular formula is C16H22N2O. The molecule has 0 fully saturated rings. The Morgan fingerprint density at radius 3 is 2.74 bits per heavy atom. The average Bonchev–Trinajstić information content (AvgIpc) is 2.39. The summed E-state index contributed by atoms with van der Waals surface area (Å²) in [7, 11) is 0. The molecule has 1 aromatic heterocycles. The van der Waals surface area contributed by atoms with E-state index in [1.807, 2.05) is 26.0 Å². The molecule has 3 nitrogen and oxygen atoms in total. The zero-order chi connectivity index (χ0) is 13.8. The summed E-state index contributed by atoms with van der Waals surface area (Å²) in [4.78, 5) is 4.58. The van der Waals surface area contributed by atoms with E-state index in [0.29, 0.717) is 12.6 Å². The van der Waals surface area contributed by atoms with Gasteiger partial charge in [-0.05, 0) is 51.5 Å². The number of aryl methyl sites for hydroxylation is 1. The maximum absolute atomic E-state index is 5.57. The van der Waals surface area contributed by atoms with Gasteiger partial charge in [0.15, 0.2) is 0 Å². The number of nitrogens with zero attached hydrogens (tertiary/aromatic N) is 1. The number of fused-ring (bicyclic) bond motifs is 1. The Bertz CT molecular complexity index is 566. The Morgan fingerprint density at radius 2 is 2.05 bits per heavy atom. The van der Waals surface area contributed by atoms with E-state index in [9.17, 15) is 0 Å². The molecule has 0 aliphatic heterocycles. The molecule has 1 N–H and O–H groups in total. The number of hydrogen-bond donors (Lipinski definition) is 1. The van der Waals surface area contributed by atoms with Crippen molar-refractivity contribution in [1.82, 2.24) is 4.98 Å². The summed E-state index contributed by atoms with van der Waals surface area (Å²) in [5.74, 6) is 0.896. The van der Waals surface area contributed by atoms with E-state index in [1.54, 1.807) is 0 Å². The van der Waals surface area contributed by atoms with E-state index >= 15 is 0 Å². The Morgan fingerprint density at radius 1 is 1.26 bits per heavy atom. The van der Waals surface area contributed by atoms with Crippen LogP contribution in [0.1, 0.15) is 32.9 Å². The minimum absolute atomic E-state index is 0.445. The number of nitrogens with one attached hydrogen (secondary N) is 1. The first-order valence-corrected chi connectivity index (χ1v) is 6.94. The summed E-state index contributed by atoms with van der Waals surface area (Å²) in [5, 5.41) is 4.67. The zero-order valence-electron chi connectivity index (χ0n) is 12.2. The van der Waals surface area contributed by atoms with E-state index in [1.165, 1.54) is 0 Å². The zero-order valence-corrected chi connectivity index (χ0v) is 12.2. The van der Waals surface area contributed by atoms with Gasteiger partial charge in [-0.25, -0.2) is 0 Å². The standard InChI is InChI=1S/C16H22N2O/c1-5-11(3)17-16-9-12(4)18-15-8-7-13(19-6-2)10-14(15)16/h7-11H,5-6H2,1-4H3,(H,17,18). The van der Waals surface area contributed by atoms with Gasteiger partial charge in [-0.2, -0.15) is 0 Å². The Balaban J connectivity index is 2.49. The van der Waals surface area contributed by atoms with Gasteiger partial charge in [-0.1, -0.05) is 6.92 Å². The summed E-state index contributed by atoms with van der Waals surface area (Å²) in [6.07, 6.45) is 1.09. The molecule has 0 amide bonds. The smallest absolute Gasteiger partial charge is 0.120 e. The van der Waals surface area contributed by atoms with Gasteiger partial charge in [0.2, 0.25) is 0 Å². The van der Waals surface area contributed by atoms with Gasteiger partial charge in [-0.3, -0.25) is 4.98 Å². The molecule has 0 saturated heterocycles. The van der Waals surface area contributed by atoms with Crippen LogP contribution >= 0.6 is 0 Å². The largest absolute Gasteiger partial charge is 0.494 e. The molecule has 1 unspecified atom stereocenters. The molecule has 3 heteroatoms. The predicted octanol–water partition coefficient (Wildman–Crippen LogP) is 4.15. The molecule has 0 aliphatic carbocycles. The van der Waals surface area contributed by atoms with Gasteiger partial charge in [-0.15, -0.1) is 0 Å². The lowest BCUT2D eigenvalue weighted by Gasteiger charge is -2.16. The first kappa shape index (κ1) is 13.7. The van der Waals surface area contributed by atoms with E-state index in [4.69, 9.17) is 4.74 Å². The lowest BCUT2D eigenvalue weighted by molar-refractivity contribution is 0.340. The summed E-state index contributed by atoms with van der Waals surface area (Å²) >= 11 is 0. The number of ether oxygens (including phenoxy) is 1. The molecule has 2 rings (SSSR count). The van der Waals surface area contributed by atoms with Crippen molar-refractivity contribution < 1.29 is 4.74 Å². The predicted molar refractivity (Wildman–Crippen MR) is 81.0 cm³/mol. The average molecular weight is 258 g/mol. The number of rotatable bonds is 5. The second-order valence-electron chi connectivity index (χ2n) is 4.88. The van der Waals surface area contributed by atoms with Crippen molar-refractivity contribution in [3.63, 3.8) is 0 Å². The van der Waals surface area contributed by atoms with E-state index < -0.39 is 0 Å². The van der Waals surface area contributed by atoms with Gasteiger partial charge in [0.25, 0.3) is 0 Å². The Labute approximate surface area is 115 Å². The molecule has 0 spiro atoms. The molecule has 0 saturated carbocycles. The fourth-order valence-electron chi connectivity index (χ4n) is 2.08. The van der Waals surface area contributed by atoms with Crippen LogP contribution in [-0.4, -0.2) is 17.6 Å². The van der Waals surface area contributed by atoms with Gasteiger partial charge in [0, 0.05) is 22.8 Å². The van der Waals surface area contributed by atoms with Crippen LogP contribution in [0.5, 0.6) is 5.75 Å².